The molecule has 21 heavy (non-hydrogen) atoms. The minimum absolute atomic E-state index is 0.354. The van der Waals surface area contributed by atoms with Gasteiger partial charge < -0.3 is 15.8 Å². The van der Waals surface area contributed by atoms with E-state index in [0.29, 0.717) is 29.1 Å². The van der Waals surface area contributed by atoms with Crippen LogP contribution in [-0.2, 0) is 4.74 Å². The number of esters is 1. The van der Waals surface area contributed by atoms with Gasteiger partial charge in [-0.15, -0.1) is 0 Å². The average molecular weight is 308 g/mol. The Balaban J connectivity index is 2.16. The predicted molar refractivity (Wildman–Crippen MR) is 90.0 cm³/mol. The van der Waals surface area contributed by atoms with E-state index >= 15 is 0 Å². The zero-order valence-corrected chi connectivity index (χ0v) is 13.5. The summed E-state index contributed by atoms with van der Waals surface area (Å²) in [6.07, 6.45) is 7.07. The molecule has 2 atom stereocenters. The molecule has 4 nitrogen and oxygen atoms in total. The first-order valence-electron chi connectivity index (χ1n) is 7.52. The molecule has 3 N–H and O–H groups in total. The molecule has 0 bridgehead atoms. The number of carbonyl (C=O) groups excluding carboxylic acids is 1. The Bertz CT molecular complexity index is 493. The summed E-state index contributed by atoms with van der Waals surface area (Å²) < 4.78 is 5.05. The van der Waals surface area contributed by atoms with Crippen LogP contribution in [0.25, 0.3) is 0 Å². The fourth-order valence-corrected chi connectivity index (χ4v) is 3.76. The molecular weight excluding hydrogens is 284 g/mol. The molecule has 0 aliphatic heterocycles. The van der Waals surface area contributed by atoms with Crippen molar-refractivity contribution in [3.8, 4) is 0 Å². The zero-order chi connectivity index (χ0) is 15.2. The average Bonchev–Trinajstić information content (AvgIpc) is 2.50. The predicted octanol–water partition coefficient (Wildman–Crippen LogP) is 3.53. The summed E-state index contributed by atoms with van der Waals surface area (Å²) in [5.74, 6) is -0.358. The van der Waals surface area contributed by atoms with Crippen molar-refractivity contribution >= 4 is 29.1 Å². The van der Waals surface area contributed by atoms with E-state index in [2.05, 4.69) is 11.6 Å². The molecule has 0 spiro atoms. The number of carbonyl (C=O) groups is 1. The highest BCUT2D eigenvalue weighted by molar-refractivity contribution is 7.99. The van der Waals surface area contributed by atoms with Gasteiger partial charge in [0.2, 0.25) is 0 Å². The van der Waals surface area contributed by atoms with Crippen molar-refractivity contribution in [3.05, 3.63) is 23.8 Å². The number of anilines is 2. The second kappa shape index (κ2) is 7.59. The van der Waals surface area contributed by atoms with Crippen LogP contribution in [0.1, 0.15) is 43.0 Å². The largest absolute Gasteiger partial charge is 0.462 e. The van der Waals surface area contributed by atoms with E-state index in [1.165, 1.54) is 19.3 Å². The lowest BCUT2D eigenvalue weighted by Crippen LogP contribution is -2.34. The van der Waals surface area contributed by atoms with Gasteiger partial charge in [-0.05, 0) is 38.2 Å². The molecular formula is C16H24N2O2S. The molecule has 2 unspecified atom stereocenters. The fourth-order valence-electron chi connectivity index (χ4n) is 2.82. The molecule has 1 aromatic rings. The number of nitrogens with two attached hydrogens (primary N) is 1. The molecule has 0 radical (unpaired) electrons. The van der Waals surface area contributed by atoms with Crippen LogP contribution in [-0.4, -0.2) is 30.1 Å². The third-order valence-corrected chi connectivity index (χ3v) is 5.12. The number of para-hydroxylation sites is 1. The number of hydrogen-bond acceptors (Lipinski definition) is 5. The third kappa shape index (κ3) is 3.84. The Hall–Kier alpha value is -1.36. The minimum atomic E-state index is -0.358. The lowest BCUT2D eigenvalue weighted by atomic mass is 9.94. The van der Waals surface area contributed by atoms with E-state index in [-0.39, 0.29) is 5.97 Å². The maximum Gasteiger partial charge on any atom is 0.340 e. The van der Waals surface area contributed by atoms with Crippen molar-refractivity contribution in [1.29, 1.82) is 0 Å². The molecule has 5 heteroatoms. The van der Waals surface area contributed by atoms with Gasteiger partial charge in [0.15, 0.2) is 0 Å². The van der Waals surface area contributed by atoms with Gasteiger partial charge in [-0.3, -0.25) is 0 Å². The van der Waals surface area contributed by atoms with Crippen LogP contribution in [0.3, 0.4) is 0 Å². The van der Waals surface area contributed by atoms with Gasteiger partial charge in [0.05, 0.1) is 23.5 Å². The van der Waals surface area contributed by atoms with Gasteiger partial charge in [0.25, 0.3) is 0 Å². The maximum atomic E-state index is 11.9. The zero-order valence-electron chi connectivity index (χ0n) is 12.7. The summed E-state index contributed by atoms with van der Waals surface area (Å²) in [6.45, 7) is 2.15. The highest BCUT2D eigenvalue weighted by Crippen LogP contribution is 2.32. The molecule has 116 valence electrons. The molecule has 1 aliphatic carbocycles. The van der Waals surface area contributed by atoms with Crippen molar-refractivity contribution in [2.24, 2.45) is 0 Å². The van der Waals surface area contributed by atoms with Crippen molar-refractivity contribution in [2.75, 3.05) is 23.9 Å². The standard InChI is InChI=1S/C16H24N2O2S/c1-3-20-16(19)11-7-6-9-13(15(11)17)18-12-8-4-5-10-14(12)21-2/h6-7,9,12,14,18H,3-5,8,10,17H2,1-2H3. The Labute approximate surface area is 130 Å². The number of nitrogens with one attached hydrogen (secondary N) is 1. The van der Waals surface area contributed by atoms with Crippen LogP contribution in [0.2, 0.25) is 0 Å². The van der Waals surface area contributed by atoms with E-state index in [1.807, 2.05) is 23.9 Å². The van der Waals surface area contributed by atoms with E-state index in [0.717, 1.165) is 12.1 Å². The normalized spacial score (nSPS) is 21.8. The van der Waals surface area contributed by atoms with Crippen LogP contribution in [0.15, 0.2) is 18.2 Å². The number of ether oxygens (including phenoxy) is 1. The molecule has 0 heterocycles. The summed E-state index contributed by atoms with van der Waals surface area (Å²) in [5.41, 5.74) is 7.92. The van der Waals surface area contributed by atoms with E-state index < -0.39 is 0 Å². The summed E-state index contributed by atoms with van der Waals surface area (Å²) in [6, 6.07) is 5.91. The summed E-state index contributed by atoms with van der Waals surface area (Å²) in [5, 5.41) is 4.14. The maximum absolute atomic E-state index is 11.9. The fraction of sp³-hybridized carbons (Fsp3) is 0.562. The van der Waals surface area contributed by atoms with Crippen molar-refractivity contribution in [2.45, 2.75) is 43.9 Å². The van der Waals surface area contributed by atoms with E-state index in [4.69, 9.17) is 10.5 Å². The number of thioether (sulfide) groups is 1. The molecule has 0 saturated heterocycles. The number of rotatable bonds is 5. The van der Waals surface area contributed by atoms with Crippen LogP contribution < -0.4 is 11.1 Å². The lowest BCUT2D eigenvalue weighted by Gasteiger charge is -2.32. The monoisotopic (exact) mass is 308 g/mol. The van der Waals surface area contributed by atoms with Crippen molar-refractivity contribution < 1.29 is 9.53 Å². The van der Waals surface area contributed by atoms with Crippen molar-refractivity contribution in [1.82, 2.24) is 0 Å². The first-order valence-corrected chi connectivity index (χ1v) is 8.81. The SMILES string of the molecule is CCOC(=O)c1cccc(NC2CCCCC2SC)c1N. The number of benzene rings is 1. The quantitative estimate of drug-likeness (QED) is 0.643. The van der Waals surface area contributed by atoms with Gasteiger partial charge in [0, 0.05) is 11.3 Å². The molecule has 0 amide bonds. The van der Waals surface area contributed by atoms with Crippen LogP contribution in [0.4, 0.5) is 11.4 Å². The molecule has 1 aliphatic rings. The van der Waals surface area contributed by atoms with E-state index in [9.17, 15) is 4.79 Å². The molecule has 1 fully saturated rings. The number of nitrogen functional groups attached to an aromatic ring is 1. The summed E-state index contributed by atoms with van der Waals surface area (Å²) >= 11 is 1.90. The van der Waals surface area contributed by atoms with Gasteiger partial charge in [-0.1, -0.05) is 18.9 Å². The Morgan fingerprint density at radius 3 is 2.90 bits per heavy atom. The molecule has 2 rings (SSSR count). The minimum Gasteiger partial charge on any atom is -0.462 e. The van der Waals surface area contributed by atoms with Gasteiger partial charge >= 0.3 is 5.97 Å². The summed E-state index contributed by atoms with van der Waals surface area (Å²) in [4.78, 5) is 11.9. The first kappa shape index (κ1) is 16.0. The van der Waals surface area contributed by atoms with Crippen LogP contribution >= 0.6 is 11.8 Å². The number of hydrogen-bond donors (Lipinski definition) is 2. The second-order valence-corrected chi connectivity index (χ2v) is 6.37. The smallest absolute Gasteiger partial charge is 0.340 e. The van der Waals surface area contributed by atoms with Crippen molar-refractivity contribution in [3.63, 3.8) is 0 Å². The second-order valence-electron chi connectivity index (χ2n) is 5.30. The molecule has 0 aromatic heterocycles. The van der Waals surface area contributed by atoms with Crippen LogP contribution in [0, 0.1) is 0 Å². The van der Waals surface area contributed by atoms with Gasteiger partial charge in [-0.2, -0.15) is 11.8 Å². The third-order valence-electron chi connectivity index (χ3n) is 3.95. The Kier molecular flexibility index (Phi) is 5.79. The lowest BCUT2D eigenvalue weighted by molar-refractivity contribution is 0.0527. The van der Waals surface area contributed by atoms with Gasteiger partial charge in [0.1, 0.15) is 0 Å². The molecule has 1 aromatic carbocycles. The highest BCUT2D eigenvalue weighted by Gasteiger charge is 2.25. The Morgan fingerprint density at radius 1 is 1.43 bits per heavy atom. The summed E-state index contributed by atoms with van der Waals surface area (Å²) in [7, 11) is 0. The first-order chi connectivity index (χ1) is 10.2. The van der Waals surface area contributed by atoms with Gasteiger partial charge in [-0.25, -0.2) is 4.79 Å². The van der Waals surface area contributed by atoms with Crippen LogP contribution in [0.5, 0.6) is 0 Å². The molecule has 1 saturated carbocycles. The topological polar surface area (TPSA) is 64.3 Å². The van der Waals surface area contributed by atoms with E-state index in [1.54, 1.807) is 13.0 Å². The Morgan fingerprint density at radius 2 is 2.19 bits per heavy atom. The highest BCUT2D eigenvalue weighted by atomic mass is 32.2.